The number of rotatable bonds is 5. The van der Waals surface area contributed by atoms with Gasteiger partial charge in [0.15, 0.2) is 9.84 Å². The minimum atomic E-state index is -3.14. The predicted molar refractivity (Wildman–Crippen MR) is 69.3 cm³/mol. The number of hydrogen-bond acceptors (Lipinski definition) is 3. The quantitative estimate of drug-likeness (QED) is 0.907. The highest BCUT2D eigenvalue weighted by molar-refractivity contribution is 9.10. The van der Waals surface area contributed by atoms with Crippen molar-refractivity contribution in [3.05, 3.63) is 28.7 Å². The minimum absolute atomic E-state index is 0.177. The molecule has 1 unspecified atom stereocenters. The monoisotopic (exact) mass is 305 g/mol. The average Bonchev–Trinajstić information content (AvgIpc) is 2.26. The lowest BCUT2D eigenvalue weighted by atomic mass is 10.3. The third-order valence-electron chi connectivity index (χ3n) is 2.49. The van der Waals surface area contributed by atoms with Crippen molar-refractivity contribution in [3.8, 4) is 0 Å². The Balaban J connectivity index is 2.74. The number of sulfone groups is 1. The molecule has 0 saturated carbocycles. The van der Waals surface area contributed by atoms with Gasteiger partial charge in [0.05, 0.1) is 10.6 Å². The summed E-state index contributed by atoms with van der Waals surface area (Å²) < 4.78 is 24.7. The van der Waals surface area contributed by atoms with Gasteiger partial charge in [-0.05, 0) is 44.7 Å². The van der Waals surface area contributed by atoms with Gasteiger partial charge in [0, 0.05) is 10.5 Å². The molecule has 0 heterocycles. The largest absolute Gasteiger partial charge is 0.317 e. The van der Waals surface area contributed by atoms with Crippen molar-refractivity contribution >= 4 is 25.8 Å². The van der Waals surface area contributed by atoms with Crippen molar-refractivity contribution in [2.75, 3.05) is 12.8 Å². The summed E-state index contributed by atoms with van der Waals surface area (Å²) in [6.45, 7) is 1.97. The Bertz CT molecular complexity index is 428. The molecule has 1 rings (SSSR count). The van der Waals surface area contributed by atoms with Crippen LogP contribution >= 0.6 is 15.9 Å². The molecule has 90 valence electrons. The molecule has 0 spiro atoms. The first-order valence-corrected chi connectivity index (χ1v) is 7.56. The summed E-state index contributed by atoms with van der Waals surface area (Å²) in [5.74, 6) is 0.177. The molecule has 1 aromatic rings. The van der Waals surface area contributed by atoms with Crippen LogP contribution in [0.4, 0.5) is 0 Å². The molecule has 0 fully saturated rings. The van der Waals surface area contributed by atoms with Crippen LogP contribution in [0.25, 0.3) is 0 Å². The van der Waals surface area contributed by atoms with E-state index in [4.69, 9.17) is 0 Å². The number of nitrogens with one attached hydrogen (secondary N) is 1. The van der Waals surface area contributed by atoms with Crippen molar-refractivity contribution in [3.63, 3.8) is 0 Å². The summed E-state index contributed by atoms with van der Waals surface area (Å²) in [6.07, 6.45) is 0.620. The zero-order valence-corrected chi connectivity index (χ0v) is 11.8. The molecule has 0 saturated heterocycles. The first kappa shape index (κ1) is 13.7. The molecule has 0 amide bonds. The van der Waals surface area contributed by atoms with Crippen LogP contribution in [0.2, 0.25) is 0 Å². The fraction of sp³-hybridized carbons (Fsp3) is 0.455. The van der Waals surface area contributed by atoms with E-state index in [1.165, 1.54) is 0 Å². The van der Waals surface area contributed by atoms with Gasteiger partial charge in [-0.3, -0.25) is 0 Å². The van der Waals surface area contributed by atoms with Crippen LogP contribution in [0.3, 0.4) is 0 Å². The molecule has 16 heavy (non-hydrogen) atoms. The molecule has 1 aromatic carbocycles. The number of halogens is 1. The molecular formula is C11H16BrNO2S. The molecule has 1 N–H and O–H groups in total. The van der Waals surface area contributed by atoms with E-state index in [0.29, 0.717) is 11.3 Å². The maximum absolute atomic E-state index is 11.9. The minimum Gasteiger partial charge on any atom is -0.317 e. The molecule has 0 aliphatic rings. The van der Waals surface area contributed by atoms with Crippen LogP contribution in [0.15, 0.2) is 33.6 Å². The standard InChI is InChI=1S/C11H16BrNO2S/c1-9(13-2)7-8-16(14,15)11-5-3-10(12)4-6-11/h3-6,9,13H,7-8H2,1-2H3. The van der Waals surface area contributed by atoms with Crippen molar-refractivity contribution in [2.45, 2.75) is 24.3 Å². The number of benzene rings is 1. The van der Waals surface area contributed by atoms with Gasteiger partial charge in [-0.1, -0.05) is 15.9 Å². The SMILES string of the molecule is CNC(C)CCS(=O)(=O)c1ccc(Br)cc1. The maximum Gasteiger partial charge on any atom is 0.178 e. The smallest absolute Gasteiger partial charge is 0.178 e. The summed E-state index contributed by atoms with van der Waals surface area (Å²) in [5, 5.41) is 3.03. The van der Waals surface area contributed by atoms with Crippen molar-refractivity contribution in [2.24, 2.45) is 0 Å². The Labute approximate surface area is 105 Å². The Hall–Kier alpha value is -0.390. The molecule has 0 aliphatic carbocycles. The van der Waals surface area contributed by atoms with E-state index in [9.17, 15) is 8.42 Å². The Morgan fingerprint density at radius 3 is 2.38 bits per heavy atom. The molecule has 1 atom stereocenters. The summed E-state index contributed by atoms with van der Waals surface area (Å²) >= 11 is 3.28. The molecule has 0 aliphatic heterocycles. The van der Waals surface area contributed by atoms with Crippen molar-refractivity contribution < 1.29 is 8.42 Å². The Morgan fingerprint density at radius 1 is 1.31 bits per heavy atom. The molecule has 0 bridgehead atoms. The van der Waals surface area contributed by atoms with Crippen LogP contribution in [0, 0.1) is 0 Å². The summed E-state index contributed by atoms with van der Waals surface area (Å²) in [4.78, 5) is 0.388. The van der Waals surface area contributed by atoms with Gasteiger partial charge in [-0.15, -0.1) is 0 Å². The fourth-order valence-electron chi connectivity index (χ4n) is 1.24. The molecule has 0 radical (unpaired) electrons. The lowest BCUT2D eigenvalue weighted by molar-refractivity contribution is 0.565. The van der Waals surface area contributed by atoms with Crippen LogP contribution in [-0.2, 0) is 9.84 Å². The molecule has 3 nitrogen and oxygen atoms in total. The highest BCUT2D eigenvalue weighted by Gasteiger charge is 2.15. The van der Waals surface area contributed by atoms with Crippen molar-refractivity contribution in [1.29, 1.82) is 0 Å². The van der Waals surface area contributed by atoms with Crippen LogP contribution in [0.1, 0.15) is 13.3 Å². The first-order valence-electron chi connectivity index (χ1n) is 5.11. The van der Waals surface area contributed by atoms with Crippen LogP contribution < -0.4 is 5.32 Å². The second-order valence-electron chi connectivity index (χ2n) is 3.75. The molecule has 5 heteroatoms. The normalized spacial score (nSPS) is 13.7. The van der Waals surface area contributed by atoms with Gasteiger partial charge >= 0.3 is 0 Å². The fourth-order valence-corrected chi connectivity index (χ4v) is 2.95. The van der Waals surface area contributed by atoms with E-state index in [1.807, 2.05) is 14.0 Å². The summed E-state index contributed by atoms with van der Waals surface area (Å²) in [5.41, 5.74) is 0. The van der Waals surface area contributed by atoms with Gasteiger partial charge in [0.25, 0.3) is 0 Å². The number of hydrogen-bond donors (Lipinski definition) is 1. The lowest BCUT2D eigenvalue weighted by Gasteiger charge is -2.10. The highest BCUT2D eigenvalue weighted by Crippen LogP contribution is 2.16. The zero-order valence-electron chi connectivity index (χ0n) is 9.40. The third-order valence-corrected chi connectivity index (χ3v) is 4.78. The van der Waals surface area contributed by atoms with E-state index in [1.54, 1.807) is 24.3 Å². The first-order chi connectivity index (χ1) is 7.45. The summed E-state index contributed by atoms with van der Waals surface area (Å²) in [7, 11) is -1.31. The van der Waals surface area contributed by atoms with Crippen LogP contribution in [-0.4, -0.2) is 27.3 Å². The zero-order chi connectivity index (χ0) is 12.2. The highest BCUT2D eigenvalue weighted by atomic mass is 79.9. The second kappa shape index (κ2) is 5.80. The van der Waals surface area contributed by atoms with Crippen molar-refractivity contribution in [1.82, 2.24) is 5.32 Å². The van der Waals surface area contributed by atoms with Crippen LogP contribution in [0.5, 0.6) is 0 Å². The van der Waals surface area contributed by atoms with E-state index in [2.05, 4.69) is 21.2 Å². The average molecular weight is 306 g/mol. The van der Waals surface area contributed by atoms with Gasteiger partial charge < -0.3 is 5.32 Å². The predicted octanol–water partition coefficient (Wildman–Crippen LogP) is 2.22. The molecule has 0 aromatic heterocycles. The maximum atomic E-state index is 11.9. The lowest BCUT2D eigenvalue weighted by Crippen LogP contribution is -2.24. The van der Waals surface area contributed by atoms with Gasteiger partial charge in [-0.2, -0.15) is 0 Å². The van der Waals surface area contributed by atoms with Gasteiger partial charge in [-0.25, -0.2) is 8.42 Å². The second-order valence-corrected chi connectivity index (χ2v) is 6.78. The topological polar surface area (TPSA) is 46.2 Å². The summed E-state index contributed by atoms with van der Waals surface area (Å²) in [6, 6.07) is 6.96. The Kier molecular flexibility index (Phi) is 4.95. The van der Waals surface area contributed by atoms with E-state index in [0.717, 1.165) is 4.47 Å². The van der Waals surface area contributed by atoms with Gasteiger partial charge in [0.1, 0.15) is 0 Å². The van der Waals surface area contributed by atoms with E-state index < -0.39 is 9.84 Å². The van der Waals surface area contributed by atoms with E-state index in [-0.39, 0.29) is 11.8 Å². The molecular weight excluding hydrogens is 290 g/mol. The third kappa shape index (κ3) is 3.88. The Morgan fingerprint density at radius 2 is 1.88 bits per heavy atom. The van der Waals surface area contributed by atoms with E-state index >= 15 is 0 Å². The van der Waals surface area contributed by atoms with Gasteiger partial charge in [0.2, 0.25) is 0 Å².